The number of likely N-dealkylation sites (N-methyl/N-ethyl adjacent to an activating group) is 1. The first-order valence-electron chi connectivity index (χ1n) is 6.30. The molecule has 0 atom stereocenters. The van der Waals surface area contributed by atoms with Crippen LogP contribution in [0.5, 0.6) is 0 Å². The predicted octanol–water partition coefficient (Wildman–Crippen LogP) is -0.0984. The van der Waals surface area contributed by atoms with Gasteiger partial charge in [-0.1, -0.05) is 6.92 Å². The quantitative estimate of drug-likeness (QED) is 0.577. The first-order chi connectivity index (χ1) is 8.33. The Morgan fingerprint density at radius 1 is 1.33 bits per heavy atom. The van der Waals surface area contributed by atoms with Crippen LogP contribution in [0.2, 0.25) is 0 Å². The molecule has 3 N–H and O–H groups in total. The van der Waals surface area contributed by atoms with E-state index in [4.69, 9.17) is 5.73 Å². The summed E-state index contributed by atoms with van der Waals surface area (Å²) in [4.78, 5) is 11.6. The summed E-state index contributed by atoms with van der Waals surface area (Å²) in [5.74, 6) is -0.221. The Hall–Kier alpha value is -0.660. The van der Waals surface area contributed by atoms with E-state index in [2.05, 4.69) is 5.32 Å². The Balaban J connectivity index is 4.42. The Morgan fingerprint density at radius 3 is 2.39 bits per heavy atom. The molecule has 0 aromatic heterocycles. The van der Waals surface area contributed by atoms with Crippen LogP contribution < -0.4 is 11.1 Å². The summed E-state index contributed by atoms with van der Waals surface area (Å²) in [6, 6.07) is 0.0103. The second-order valence-corrected chi connectivity index (χ2v) is 6.55. The SMILES string of the molecule is CCN(CC(=O)NC(C)C)S(=O)(=O)CCCCN. The van der Waals surface area contributed by atoms with Gasteiger partial charge in [-0.2, -0.15) is 4.31 Å². The van der Waals surface area contributed by atoms with Gasteiger partial charge in [0.2, 0.25) is 15.9 Å². The third-order valence-electron chi connectivity index (χ3n) is 2.37. The Kier molecular flexibility index (Phi) is 8.13. The standard InChI is InChI=1S/C11H25N3O3S/c1-4-14(9-11(15)13-10(2)3)18(16,17)8-6-5-7-12/h10H,4-9,12H2,1-3H3,(H,13,15). The fraction of sp³-hybridized carbons (Fsp3) is 0.909. The highest BCUT2D eigenvalue weighted by molar-refractivity contribution is 7.89. The maximum Gasteiger partial charge on any atom is 0.235 e. The number of amides is 1. The minimum absolute atomic E-state index is 0.0103. The molecule has 0 aromatic carbocycles. The van der Waals surface area contributed by atoms with E-state index in [-0.39, 0.29) is 24.2 Å². The van der Waals surface area contributed by atoms with Crippen molar-refractivity contribution >= 4 is 15.9 Å². The molecule has 0 heterocycles. The number of nitrogens with one attached hydrogen (secondary N) is 1. The lowest BCUT2D eigenvalue weighted by Gasteiger charge is -2.20. The average Bonchev–Trinajstić information content (AvgIpc) is 2.24. The Bertz CT molecular complexity index is 341. The van der Waals surface area contributed by atoms with Crippen LogP contribution in [0.3, 0.4) is 0 Å². The molecule has 0 saturated carbocycles. The highest BCUT2D eigenvalue weighted by Gasteiger charge is 2.22. The smallest absolute Gasteiger partial charge is 0.235 e. The van der Waals surface area contributed by atoms with Crippen molar-refractivity contribution in [2.75, 3.05) is 25.4 Å². The van der Waals surface area contributed by atoms with E-state index in [0.717, 1.165) is 0 Å². The van der Waals surface area contributed by atoms with E-state index in [1.165, 1.54) is 4.31 Å². The van der Waals surface area contributed by atoms with E-state index in [9.17, 15) is 13.2 Å². The Morgan fingerprint density at radius 2 is 1.94 bits per heavy atom. The van der Waals surface area contributed by atoms with Crippen molar-refractivity contribution in [2.45, 2.75) is 39.7 Å². The highest BCUT2D eigenvalue weighted by atomic mass is 32.2. The van der Waals surface area contributed by atoms with Gasteiger partial charge < -0.3 is 11.1 Å². The number of rotatable bonds is 9. The largest absolute Gasteiger partial charge is 0.353 e. The maximum atomic E-state index is 12.0. The average molecular weight is 279 g/mol. The molecule has 0 aliphatic heterocycles. The van der Waals surface area contributed by atoms with Crippen LogP contribution in [0.25, 0.3) is 0 Å². The second kappa shape index (κ2) is 8.44. The molecule has 0 saturated heterocycles. The highest BCUT2D eigenvalue weighted by Crippen LogP contribution is 2.04. The fourth-order valence-corrected chi connectivity index (χ4v) is 3.03. The number of hydrogen-bond acceptors (Lipinski definition) is 4. The zero-order chi connectivity index (χ0) is 14.2. The maximum absolute atomic E-state index is 12.0. The summed E-state index contributed by atoms with van der Waals surface area (Å²) in [6.07, 6.45) is 1.20. The number of carbonyl (C=O) groups is 1. The van der Waals surface area contributed by atoms with Gasteiger partial charge in [0.25, 0.3) is 0 Å². The van der Waals surface area contributed by atoms with Crippen LogP contribution >= 0.6 is 0 Å². The molecule has 0 fully saturated rings. The van der Waals surface area contributed by atoms with Crippen molar-refractivity contribution < 1.29 is 13.2 Å². The van der Waals surface area contributed by atoms with Crippen LogP contribution in [0.4, 0.5) is 0 Å². The molecule has 1 amide bonds. The van der Waals surface area contributed by atoms with E-state index >= 15 is 0 Å². The summed E-state index contributed by atoms with van der Waals surface area (Å²) in [5.41, 5.74) is 5.33. The zero-order valence-corrected chi connectivity index (χ0v) is 12.3. The van der Waals surface area contributed by atoms with Gasteiger partial charge in [0.05, 0.1) is 12.3 Å². The molecule has 0 rings (SSSR count). The summed E-state index contributed by atoms with van der Waals surface area (Å²) in [5, 5.41) is 2.68. The van der Waals surface area contributed by atoms with Gasteiger partial charge in [-0.25, -0.2) is 8.42 Å². The second-order valence-electron chi connectivity index (χ2n) is 4.46. The molecule has 0 unspecified atom stereocenters. The van der Waals surface area contributed by atoms with Crippen LogP contribution in [-0.2, 0) is 14.8 Å². The van der Waals surface area contributed by atoms with Crippen molar-refractivity contribution in [1.29, 1.82) is 0 Å². The Labute approximate surface area is 110 Å². The first-order valence-corrected chi connectivity index (χ1v) is 7.91. The third-order valence-corrected chi connectivity index (χ3v) is 4.35. The van der Waals surface area contributed by atoms with Crippen LogP contribution in [0, 0.1) is 0 Å². The molecule has 0 aliphatic carbocycles. The molecule has 0 spiro atoms. The molecule has 6 nitrogen and oxygen atoms in total. The molecule has 108 valence electrons. The molecule has 0 aromatic rings. The van der Waals surface area contributed by atoms with Crippen LogP contribution in [0.1, 0.15) is 33.6 Å². The van der Waals surface area contributed by atoms with Crippen molar-refractivity contribution in [1.82, 2.24) is 9.62 Å². The van der Waals surface area contributed by atoms with Crippen molar-refractivity contribution in [2.24, 2.45) is 5.73 Å². The van der Waals surface area contributed by atoms with Gasteiger partial charge in [0.15, 0.2) is 0 Å². The first kappa shape index (κ1) is 17.3. The van der Waals surface area contributed by atoms with Gasteiger partial charge in [-0.15, -0.1) is 0 Å². The molecule has 7 heteroatoms. The minimum atomic E-state index is -3.36. The topological polar surface area (TPSA) is 92.5 Å². The van der Waals surface area contributed by atoms with E-state index in [1.807, 2.05) is 13.8 Å². The molecular formula is C11H25N3O3S. The molecule has 18 heavy (non-hydrogen) atoms. The van der Waals surface area contributed by atoms with Gasteiger partial charge >= 0.3 is 0 Å². The zero-order valence-electron chi connectivity index (χ0n) is 11.5. The predicted molar refractivity (Wildman–Crippen MR) is 72.6 cm³/mol. The molecule has 0 aliphatic rings. The number of carbonyl (C=O) groups excluding carboxylic acids is 1. The summed E-state index contributed by atoms with van der Waals surface area (Å²) in [7, 11) is -3.36. The third kappa shape index (κ3) is 6.93. The van der Waals surface area contributed by atoms with E-state index in [0.29, 0.717) is 25.9 Å². The van der Waals surface area contributed by atoms with Crippen molar-refractivity contribution in [3.05, 3.63) is 0 Å². The minimum Gasteiger partial charge on any atom is -0.353 e. The fourth-order valence-electron chi connectivity index (χ4n) is 1.49. The van der Waals surface area contributed by atoms with Crippen molar-refractivity contribution in [3.8, 4) is 0 Å². The molecule has 0 bridgehead atoms. The number of hydrogen-bond donors (Lipinski definition) is 2. The molecule has 0 radical (unpaired) electrons. The lowest BCUT2D eigenvalue weighted by Crippen LogP contribution is -2.43. The lowest BCUT2D eigenvalue weighted by atomic mass is 10.3. The van der Waals surface area contributed by atoms with Gasteiger partial charge in [-0.3, -0.25) is 4.79 Å². The number of sulfonamides is 1. The van der Waals surface area contributed by atoms with E-state index in [1.54, 1.807) is 6.92 Å². The van der Waals surface area contributed by atoms with Crippen LogP contribution in [-0.4, -0.2) is 50.1 Å². The number of nitrogens with two attached hydrogens (primary N) is 1. The summed E-state index contributed by atoms with van der Waals surface area (Å²) in [6.45, 7) is 6.07. The van der Waals surface area contributed by atoms with Gasteiger partial charge in [0, 0.05) is 12.6 Å². The van der Waals surface area contributed by atoms with Gasteiger partial charge in [-0.05, 0) is 33.2 Å². The normalized spacial score (nSPS) is 12.1. The molecular weight excluding hydrogens is 254 g/mol. The number of unbranched alkanes of at least 4 members (excludes halogenated alkanes) is 1. The van der Waals surface area contributed by atoms with Crippen molar-refractivity contribution in [3.63, 3.8) is 0 Å². The lowest BCUT2D eigenvalue weighted by molar-refractivity contribution is -0.121. The number of nitrogens with zero attached hydrogens (tertiary/aromatic N) is 1. The summed E-state index contributed by atoms with van der Waals surface area (Å²) < 4.78 is 25.1. The summed E-state index contributed by atoms with van der Waals surface area (Å²) >= 11 is 0. The van der Waals surface area contributed by atoms with Gasteiger partial charge in [0.1, 0.15) is 0 Å². The van der Waals surface area contributed by atoms with Crippen LogP contribution in [0.15, 0.2) is 0 Å². The van der Waals surface area contributed by atoms with E-state index < -0.39 is 10.0 Å². The monoisotopic (exact) mass is 279 g/mol.